The number of hydrogen-bond donors (Lipinski definition) is 1. The van der Waals surface area contributed by atoms with E-state index < -0.39 is 5.60 Å². The number of carbonyl (C=O) groups excluding carboxylic acids is 1. The van der Waals surface area contributed by atoms with Gasteiger partial charge in [-0.2, -0.15) is 0 Å². The van der Waals surface area contributed by atoms with Crippen LogP contribution in [0.2, 0.25) is 0 Å². The number of likely N-dealkylation sites (tertiary alicyclic amines) is 1. The number of thioether (sulfide) groups is 1. The number of nitrogens with one attached hydrogen (secondary N) is 1. The first-order valence-electron chi connectivity index (χ1n) is 7.94. The first-order valence-corrected chi connectivity index (χ1v) is 9.16. The molecule has 0 saturated carbocycles. The van der Waals surface area contributed by atoms with Gasteiger partial charge in [0.25, 0.3) is 0 Å². The van der Waals surface area contributed by atoms with E-state index in [9.17, 15) is 4.79 Å². The predicted molar refractivity (Wildman–Crippen MR) is 91.5 cm³/mol. The van der Waals surface area contributed by atoms with Gasteiger partial charge >= 0.3 is 6.09 Å². The zero-order valence-corrected chi connectivity index (χ0v) is 15.2. The molecule has 128 valence electrons. The molecule has 1 aliphatic rings. The number of hydrogen-bond acceptors (Lipinski definition) is 6. The van der Waals surface area contributed by atoms with Gasteiger partial charge in [-0.15, -0.1) is 11.8 Å². The molecule has 1 aromatic heterocycles. The van der Waals surface area contributed by atoms with Gasteiger partial charge in [-0.25, -0.2) is 9.78 Å². The Morgan fingerprint density at radius 1 is 1.43 bits per heavy atom. The molecule has 0 aromatic carbocycles. The average Bonchev–Trinajstić information content (AvgIpc) is 2.52. The number of ether oxygens (including phenoxy) is 1. The summed E-state index contributed by atoms with van der Waals surface area (Å²) in [6, 6.07) is 0.257. The molecule has 0 aliphatic carbocycles. The van der Waals surface area contributed by atoms with Gasteiger partial charge < -0.3 is 15.0 Å². The molecule has 2 rings (SSSR count). The van der Waals surface area contributed by atoms with Crippen molar-refractivity contribution in [3.63, 3.8) is 0 Å². The second-order valence-electron chi connectivity index (χ2n) is 6.66. The molecule has 1 fully saturated rings. The second kappa shape index (κ2) is 7.97. The number of nitrogens with zero attached hydrogens (tertiary/aromatic N) is 3. The lowest BCUT2D eigenvalue weighted by Crippen LogP contribution is -2.49. The maximum absolute atomic E-state index is 12.2. The number of aromatic nitrogens is 2. The van der Waals surface area contributed by atoms with Gasteiger partial charge in [-0.05, 0) is 39.9 Å². The van der Waals surface area contributed by atoms with Gasteiger partial charge in [0, 0.05) is 38.1 Å². The van der Waals surface area contributed by atoms with Crippen LogP contribution in [0.1, 0.15) is 39.3 Å². The number of carbonyl (C=O) groups is 1. The largest absolute Gasteiger partial charge is 0.444 e. The fourth-order valence-electron chi connectivity index (χ4n) is 2.52. The summed E-state index contributed by atoms with van der Waals surface area (Å²) in [5, 5.41) is 4.44. The Labute approximate surface area is 142 Å². The Bertz CT molecular complexity index is 533. The first-order chi connectivity index (χ1) is 10.9. The molecule has 7 heteroatoms. The van der Waals surface area contributed by atoms with Crippen molar-refractivity contribution in [2.24, 2.45) is 0 Å². The number of amides is 1. The summed E-state index contributed by atoms with van der Waals surface area (Å²) in [6.07, 6.45) is 7.22. The predicted octanol–water partition coefficient (Wildman–Crippen LogP) is 2.69. The van der Waals surface area contributed by atoms with Crippen LogP contribution < -0.4 is 5.32 Å². The Balaban J connectivity index is 1.88. The summed E-state index contributed by atoms with van der Waals surface area (Å²) in [7, 11) is 0. The summed E-state index contributed by atoms with van der Waals surface area (Å²) in [5.41, 5.74) is 0.499. The highest BCUT2D eigenvalue weighted by molar-refractivity contribution is 7.98. The van der Waals surface area contributed by atoms with Gasteiger partial charge in [-0.3, -0.25) is 4.98 Å². The molecule has 1 aliphatic heterocycles. The maximum atomic E-state index is 12.2. The minimum atomic E-state index is -0.454. The third-order valence-electron chi connectivity index (χ3n) is 3.56. The molecule has 0 unspecified atom stereocenters. The van der Waals surface area contributed by atoms with Crippen LogP contribution in [0, 0.1) is 0 Å². The summed E-state index contributed by atoms with van der Waals surface area (Å²) >= 11 is 1.60. The highest BCUT2D eigenvalue weighted by Crippen LogP contribution is 2.17. The van der Waals surface area contributed by atoms with Crippen molar-refractivity contribution < 1.29 is 9.53 Å². The summed E-state index contributed by atoms with van der Waals surface area (Å²) in [4.78, 5) is 22.7. The minimum Gasteiger partial charge on any atom is -0.444 e. The average molecular weight is 338 g/mol. The lowest BCUT2D eigenvalue weighted by molar-refractivity contribution is 0.0187. The molecule has 0 radical (unpaired) electrons. The van der Waals surface area contributed by atoms with Crippen LogP contribution in [0.25, 0.3) is 0 Å². The molecule has 0 bridgehead atoms. The van der Waals surface area contributed by atoms with Gasteiger partial charge in [0.05, 0.1) is 5.69 Å². The molecule has 1 amide bonds. The van der Waals surface area contributed by atoms with Crippen molar-refractivity contribution in [3.8, 4) is 0 Å². The van der Waals surface area contributed by atoms with Crippen LogP contribution in [0.3, 0.4) is 0 Å². The third-order valence-corrected chi connectivity index (χ3v) is 4.29. The van der Waals surface area contributed by atoms with E-state index in [1.807, 2.05) is 27.0 Å². The SMILES string of the molecule is CSc1nccnc1CN[C@H]1CCCN(C(=O)OC(C)(C)C)C1. The van der Waals surface area contributed by atoms with Crippen LogP contribution in [0.4, 0.5) is 4.79 Å². The van der Waals surface area contributed by atoms with Crippen LogP contribution in [0.5, 0.6) is 0 Å². The van der Waals surface area contributed by atoms with E-state index in [1.165, 1.54) is 0 Å². The molecule has 6 nitrogen and oxygen atoms in total. The van der Waals surface area contributed by atoms with E-state index in [0.717, 1.165) is 30.1 Å². The number of rotatable bonds is 4. The fourth-order valence-corrected chi connectivity index (χ4v) is 3.05. The van der Waals surface area contributed by atoms with E-state index in [-0.39, 0.29) is 12.1 Å². The third kappa shape index (κ3) is 5.66. The first kappa shape index (κ1) is 18.0. The summed E-state index contributed by atoms with van der Waals surface area (Å²) in [6.45, 7) is 7.77. The number of piperidine rings is 1. The molecule has 23 heavy (non-hydrogen) atoms. The monoisotopic (exact) mass is 338 g/mol. The summed E-state index contributed by atoms with van der Waals surface area (Å²) < 4.78 is 5.46. The van der Waals surface area contributed by atoms with Crippen molar-refractivity contribution >= 4 is 17.9 Å². The van der Waals surface area contributed by atoms with Crippen LogP contribution in [0.15, 0.2) is 17.4 Å². The molecule has 0 spiro atoms. The van der Waals surface area contributed by atoms with Crippen molar-refractivity contribution in [1.82, 2.24) is 20.2 Å². The van der Waals surface area contributed by atoms with Crippen molar-refractivity contribution in [1.29, 1.82) is 0 Å². The maximum Gasteiger partial charge on any atom is 0.410 e. The lowest BCUT2D eigenvalue weighted by Gasteiger charge is -2.34. The van der Waals surface area contributed by atoms with E-state index >= 15 is 0 Å². The normalized spacial score (nSPS) is 18.8. The van der Waals surface area contributed by atoms with E-state index in [0.29, 0.717) is 13.1 Å². The standard InChI is InChI=1S/C16H26N4O2S/c1-16(2,3)22-15(21)20-9-5-6-12(11-20)19-10-13-14(23-4)18-8-7-17-13/h7-8,12,19H,5-6,9-11H2,1-4H3/t12-/m0/s1. The Kier molecular flexibility index (Phi) is 6.24. The highest BCUT2D eigenvalue weighted by atomic mass is 32.2. The molecule has 1 saturated heterocycles. The van der Waals surface area contributed by atoms with E-state index in [1.54, 1.807) is 29.1 Å². The molecule has 1 N–H and O–H groups in total. The topological polar surface area (TPSA) is 67.4 Å². The van der Waals surface area contributed by atoms with Gasteiger partial charge in [0.1, 0.15) is 10.6 Å². The Morgan fingerprint density at radius 3 is 2.87 bits per heavy atom. The van der Waals surface area contributed by atoms with E-state index in [4.69, 9.17) is 4.74 Å². The van der Waals surface area contributed by atoms with E-state index in [2.05, 4.69) is 15.3 Å². The van der Waals surface area contributed by atoms with Gasteiger partial charge in [-0.1, -0.05) is 0 Å². The van der Waals surface area contributed by atoms with Gasteiger partial charge in [0.15, 0.2) is 0 Å². The molecular formula is C16H26N4O2S. The van der Waals surface area contributed by atoms with Gasteiger partial charge in [0.2, 0.25) is 0 Å². The van der Waals surface area contributed by atoms with Crippen molar-refractivity contribution in [2.75, 3.05) is 19.3 Å². The second-order valence-corrected chi connectivity index (χ2v) is 7.45. The highest BCUT2D eigenvalue weighted by Gasteiger charge is 2.27. The molecule has 2 heterocycles. The summed E-state index contributed by atoms with van der Waals surface area (Å²) in [5.74, 6) is 0. The molecular weight excluding hydrogens is 312 g/mol. The molecule has 1 aromatic rings. The zero-order valence-electron chi connectivity index (χ0n) is 14.3. The minimum absolute atomic E-state index is 0.228. The lowest BCUT2D eigenvalue weighted by atomic mass is 10.1. The quantitative estimate of drug-likeness (QED) is 0.852. The van der Waals surface area contributed by atoms with Crippen molar-refractivity contribution in [3.05, 3.63) is 18.1 Å². The Hall–Kier alpha value is -1.34. The van der Waals surface area contributed by atoms with Crippen LogP contribution in [-0.2, 0) is 11.3 Å². The zero-order chi connectivity index (χ0) is 16.9. The smallest absolute Gasteiger partial charge is 0.410 e. The molecule has 1 atom stereocenters. The van der Waals surface area contributed by atoms with Crippen LogP contribution >= 0.6 is 11.8 Å². The Morgan fingerprint density at radius 2 is 2.17 bits per heavy atom. The van der Waals surface area contributed by atoms with Crippen LogP contribution in [-0.4, -0.2) is 51.9 Å². The van der Waals surface area contributed by atoms with Crippen molar-refractivity contribution in [2.45, 2.75) is 56.8 Å². The fraction of sp³-hybridized carbons (Fsp3) is 0.688.